The van der Waals surface area contributed by atoms with Crippen LogP contribution in [-0.2, 0) is 9.53 Å². The van der Waals surface area contributed by atoms with E-state index in [0.29, 0.717) is 18.2 Å². The molecule has 2 aliphatic rings. The van der Waals surface area contributed by atoms with Gasteiger partial charge in [0.05, 0.1) is 0 Å². The predicted octanol–water partition coefficient (Wildman–Crippen LogP) is 1.94. The highest BCUT2D eigenvalue weighted by atomic mass is 35.5. The van der Waals surface area contributed by atoms with Gasteiger partial charge in [-0.1, -0.05) is 0 Å². The summed E-state index contributed by atoms with van der Waals surface area (Å²) < 4.78 is 5.40. The molecule has 0 aliphatic carbocycles. The van der Waals surface area contributed by atoms with Crippen LogP contribution < -0.4 is 5.43 Å². The first-order chi connectivity index (χ1) is 10.1. The summed E-state index contributed by atoms with van der Waals surface area (Å²) in [7, 11) is 3.83. The van der Waals surface area contributed by atoms with Crippen molar-refractivity contribution in [3.63, 3.8) is 0 Å². The maximum absolute atomic E-state index is 12.1. The zero-order valence-electron chi connectivity index (χ0n) is 13.0. The number of halogens is 1. The monoisotopic (exact) mass is 315 g/mol. The summed E-state index contributed by atoms with van der Waals surface area (Å²) in [6.07, 6.45) is 6.67. The first-order valence-electron chi connectivity index (χ1n) is 7.71. The second-order valence-electron chi connectivity index (χ2n) is 5.89. The lowest BCUT2D eigenvalue weighted by atomic mass is 9.95. The Kier molecular flexibility index (Phi) is 6.33. The van der Waals surface area contributed by atoms with E-state index in [1.807, 2.05) is 19.1 Å². The molecule has 0 aromatic heterocycles. The molecule has 1 unspecified atom stereocenters. The summed E-state index contributed by atoms with van der Waals surface area (Å²) in [5, 5.41) is 1.99. The molecule has 0 bridgehead atoms. The summed E-state index contributed by atoms with van der Waals surface area (Å²) in [5.41, 5.74) is 4.59. The highest BCUT2D eigenvalue weighted by Gasteiger charge is 2.28. The fourth-order valence-electron chi connectivity index (χ4n) is 2.91. The number of allylic oxidation sites excluding steroid dienone is 1. The van der Waals surface area contributed by atoms with Gasteiger partial charge in [-0.15, -0.1) is 11.6 Å². The van der Waals surface area contributed by atoms with Crippen LogP contribution >= 0.6 is 11.6 Å². The predicted molar refractivity (Wildman–Crippen MR) is 83.7 cm³/mol. The summed E-state index contributed by atoms with van der Waals surface area (Å²) in [6, 6.07) is 0. The normalized spacial score (nSPS) is 23.8. The van der Waals surface area contributed by atoms with Gasteiger partial charge in [-0.05, 0) is 37.7 Å². The fraction of sp³-hybridized carbons (Fsp3) is 0.800. The lowest BCUT2D eigenvalue weighted by Gasteiger charge is -2.29. The minimum absolute atomic E-state index is 0.0114. The highest BCUT2D eigenvalue weighted by Crippen LogP contribution is 2.25. The van der Waals surface area contributed by atoms with Crippen LogP contribution in [0.1, 0.15) is 32.1 Å². The third-order valence-electron chi connectivity index (χ3n) is 4.23. The van der Waals surface area contributed by atoms with Crippen molar-refractivity contribution in [2.45, 2.75) is 38.3 Å². The van der Waals surface area contributed by atoms with Crippen LogP contribution in [0.3, 0.4) is 0 Å². The Labute approximate surface area is 132 Å². The van der Waals surface area contributed by atoms with Gasteiger partial charge in [0.1, 0.15) is 6.17 Å². The van der Waals surface area contributed by atoms with Crippen LogP contribution in [0.4, 0.5) is 0 Å². The first-order valence-corrected chi connectivity index (χ1v) is 8.25. The minimum atomic E-state index is -0.0114. The van der Waals surface area contributed by atoms with E-state index in [-0.39, 0.29) is 12.1 Å². The van der Waals surface area contributed by atoms with Crippen LogP contribution in [0.5, 0.6) is 0 Å². The van der Waals surface area contributed by atoms with Gasteiger partial charge in [0.25, 0.3) is 0 Å². The van der Waals surface area contributed by atoms with Crippen LogP contribution in [0, 0.1) is 5.92 Å². The van der Waals surface area contributed by atoms with Crippen molar-refractivity contribution in [3.8, 4) is 0 Å². The number of hydrogen-bond acceptors (Lipinski definition) is 4. The number of hydrazine groups is 1. The van der Waals surface area contributed by atoms with E-state index in [2.05, 4.69) is 11.5 Å². The Hall–Kier alpha value is -0.780. The number of carbonyl (C=O) groups is 1. The molecule has 1 fully saturated rings. The second-order valence-corrected chi connectivity index (χ2v) is 6.26. The Morgan fingerprint density at radius 1 is 1.52 bits per heavy atom. The number of hydrogen-bond donors (Lipinski definition) is 1. The van der Waals surface area contributed by atoms with Crippen molar-refractivity contribution in [1.29, 1.82) is 0 Å². The number of nitrogens with one attached hydrogen (secondary N) is 1. The SMILES string of the molecule is CN1NC(CC2CCOCC2)=CC1N(C)C(=O)CCCCl. The smallest absolute Gasteiger partial charge is 0.223 e. The molecule has 2 rings (SSSR count). The Morgan fingerprint density at radius 3 is 2.90 bits per heavy atom. The summed E-state index contributed by atoms with van der Waals surface area (Å²) in [5.74, 6) is 1.35. The molecule has 1 amide bonds. The Morgan fingerprint density at radius 2 is 2.24 bits per heavy atom. The van der Waals surface area contributed by atoms with Crippen LogP contribution in [0.15, 0.2) is 11.8 Å². The molecular weight excluding hydrogens is 290 g/mol. The number of amides is 1. The van der Waals surface area contributed by atoms with Gasteiger partial charge in [0, 0.05) is 45.3 Å². The van der Waals surface area contributed by atoms with Gasteiger partial charge in [0.15, 0.2) is 0 Å². The molecule has 1 N–H and O–H groups in total. The van der Waals surface area contributed by atoms with E-state index in [4.69, 9.17) is 16.3 Å². The lowest BCUT2D eigenvalue weighted by Crippen LogP contribution is -2.47. The standard InChI is InChI=1S/C15H26ClN3O2/c1-18(15(20)4-3-7-16)14-11-13(17-19(14)2)10-12-5-8-21-9-6-12/h11-12,14,17H,3-10H2,1-2H3. The molecular formula is C15H26ClN3O2. The molecule has 6 heteroatoms. The number of ether oxygens (including phenoxy) is 1. The minimum Gasteiger partial charge on any atom is -0.381 e. The third kappa shape index (κ3) is 4.59. The Balaban J connectivity index is 1.89. The Bertz CT molecular complexity index is 383. The average Bonchev–Trinajstić information content (AvgIpc) is 2.85. The molecule has 2 heterocycles. The summed E-state index contributed by atoms with van der Waals surface area (Å²) in [4.78, 5) is 13.9. The van der Waals surface area contributed by atoms with E-state index in [9.17, 15) is 4.79 Å². The topological polar surface area (TPSA) is 44.8 Å². The number of alkyl halides is 1. The van der Waals surface area contributed by atoms with Crippen molar-refractivity contribution < 1.29 is 9.53 Å². The quantitative estimate of drug-likeness (QED) is 0.761. The van der Waals surface area contributed by atoms with Gasteiger partial charge < -0.3 is 15.1 Å². The van der Waals surface area contributed by atoms with E-state index in [1.165, 1.54) is 5.70 Å². The van der Waals surface area contributed by atoms with Crippen molar-refractivity contribution in [3.05, 3.63) is 11.8 Å². The molecule has 5 nitrogen and oxygen atoms in total. The third-order valence-corrected chi connectivity index (χ3v) is 4.50. The largest absolute Gasteiger partial charge is 0.381 e. The van der Waals surface area contributed by atoms with Crippen LogP contribution in [0.25, 0.3) is 0 Å². The highest BCUT2D eigenvalue weighted by molar-refractivity contribution is 6.17. The molecule has 0 saturated carbocycles. The van der Waals surface area contributed by atoms with Gasteiger partial charge in [-0.2, -0.15) is 0 Å². The van der Waals surface area contributed by atoms with Gasteiger partial charge in [-0.3, -0.25) is 4.79 Å². The number of carbonyl (C=O) groups excluding carboxylic acids is 1. The van der Waals surface area contributed by atoms with E-state index >= 15 is 0 Å². The van der Waals surface area contributed by atoms with Gasteiger partial charge in [-0.25, -0.2) is 5.01 Å². The number of rotatable bonds is 6. The van der Waals surface area contributed by atoms with E-state index in [0.717, 1.165) is 38.9 Å². The molecule has 0 spiro atoms. The molecule has 1 saturated heterocycles. The first kappa shape index (κ1) is 16.6. The number of likely N-dealkylation sites (N-methyl/N-ethyl adjacent to an activating group) is 2. The molecule has 1 atom stereocenters. The van der Waals surface area contributed by atoms with E-state index < -0.39 is 0 Å². The molecule has 0 aromatic rings. The van der Waals surface area contributed by atoms with Crippen molar-refractivity contribution >= 4 is 17.5 Å². The van der Waals surface area contributed by atoms with Crippen molar-refractivity contribution in [1.82, 2.24) is 15.3 Å². The van der Waals surface area contributed by atoms with Crippen molar-refractivity contribution in [2.24, 2.45) is 5.92 Å². The van der Waals surface area contributed by atoms with Crippen molar-refractivity contribution in [2.75, 3.05) is 33.2 Å². The molecule has 0 radical (unpaired) electrons. The van der Waals surface area contributed by atoms with E-state index in [1.54, 1.807) is 4.90 Å². The maximum atomic E-state index is 12.1. The molecule has 120 valence electrons. The summed E-state index contributed by atoms with van der Waals surface area (Å²) in [6.45, 7) is 1.74. The molecule has 21 heavy (non-hydrogen) atoms. The average molecular weight is 316 g/mol. The van der Waals surface area contributed by atoms with Gasteiger partial charge in [0.2, 0.25) is 5.91 Å². The second kappa shape index (κ2) is 8.01. The van der Waals surface area contributed by atoms with Crippen LogP contribution in [0.2, 0.25) is 0 Å². The number of nitrogens with zero attached hydrogens (tertiary/aromatic N) is 2. The summed E-state index contributed by atoms with van der Waals surface area (Å²) >= 11 is 5.65. The molecule has 0 aromatic carbocycles. The zero-order valence-corrected chi connectivity index (χ0v) is 13.7. The molecule has 2 aliphatic heterocycles. The maximum Gasteiger partial charge on any atom is 0.223 e. The fourth-order valence-corrected chi connectivity index (χ4v) is 3.04. The zero-order chi connectivity index (χ0) is 15.2. The van der Waals surface area contributed by atoms with Gasteiger partial charge >= 0.3 is 0 Å². The lowest BCUT2D eigenvalue weighted by molar-refractivity contribution is -0.134. The van der Waals surface area contributed by atoms with Crippen LogP contribution in [-0.4, -0.2) is 55.2 Å².